The molecule has 2 saturated heterocycles. The van der Waals surface area contributed by atoms with Gasteiger partial charge in [0.15, 0.2) is 6.29 Å². The second-order valence-corrected chi connectivity index (χ2v) is 13.8. The normalized spacial score (nSPS) is 29.8. The van der Waals surface area contributed by atoms with Crippen LogP contribution < -0.4 is 0 Å². The van der Waals surface area contributed by atoms with Crippen LogP contribution in [0.2, 0.25) is 0 Å². The summed E-state index contributed by atoms with van der Waals surface area (Å²) >= 11 is 0. The minimum absolute atomic E-state index is 0.0303. The van der Waals surface area contributed by atoms with Gasteiger partial charge in [-0.2, -0.15) is 0 Å². The molecule has 9 heteroatoms. The number of carbonyl (C=O) groups is 3. The number of carbonyl (C=O) groups excluding carboxylic acids is 3. The molecule has 272 valence electrons. The van der Waals surface area contributed by atoms with Gasteiger partial charge in [0, 0.05) is 38.5 Å². The van der Waals surface area contributed by atoms with Crippen molar-refractivity contribution in [2.75, 3.05) is 59.5 Å². The molecule has 9 nitrogen and oxygen atoms in total. The highest BCUT2D eigenvalue weighted by Gasteiger charge is 2.32. The van der Waals surface area contributed by atoms with E-state index in [1.165, 1.54) is 0 Å². The predicted molar refractivity (Wildman–Crippen MR) is 188 cm³/mol. The number of likely N-dealkylation sites (N-methyl/N-ethyl adjacent to an activating group) is 2. The number of hydrogen-bond acceptors (Lipinski definition) is 8. The monoisotopic (exact) mass is 656 g/mol. The third kappa shape index (κ3) is 18.7. The molecular weight excluding hydrogens is 582 g/mol. The molecule has 46 heavy (non-hydrogen) atoms. The number of nitrogens with zero attached hydrogens (tertiary/aromatic N) is 3. The van der Waals surface area contributed by atoms with Crippen LogP contribution >= 0.6 is 0 Å². The van der Waals surface area contributed by atoms with Gasteiger partial charge >= 0.3 is 5.97 Å². The summed E-state index contributed by atoms with van der Waals surface area (Å²) in [5.41, 5.74) is 0. The van der Waals surface area contributed by atoms with E-state index in [0.29, 0.717) is 56.8 Å². The Morgan fingerprint density at radius 2 is 1.50 bits per heavy atom. The zero-order chi connectivity index (χ0) is 35.2. The van der Waals surface area contributed by atoms with Crippen LogP contribution in [0.3, 0.4) is 0 Å². The number of hydrogen-bond donors (Lipinski definition) is 1. The van der Waals surface area contributed by atoms with Gasteiger partial charge in [-0.3, -0.25) is 19.3 Å². The Kier molecular flexibility index (Phi) is 24.6. The molecule has 0 spiro atoms. The van der Waals surface area contributed by atoms with E-state index in [1.807, 2.05) is 39.5 Å². The van der Waals surface area contributed by atoms with E-state index < -0.39 is 12.2 Å². The van der Waals surface area contributed by atoms with E-state index in [9.17, 15) is 14.4 Å². The number of Topliss-reactive ketones (excluding diaryl/α,β-unsaturated/α-hetero) is 1. The maximum absolute atomic E-state index is 13.1. The van der Waals surface area contributed by atoms with E-state index in [4.69, 9.17) is 14.6 Å². The minimum atomic E-state index is -0.656. The van der Waals surface area contributed by atoms with Gasteiger partial charge in [-0.15, -0.1) is 0 Å². The highest BCUT2D eigenvalue weighted by atomic mass is 16.6. The van der Waals surface area contributed by atoms with Crippen molar-refractivity contribution in [3.8, 4) is 0 Å². The lowest BCUT2D eigenvalue weighted by Crippen LogP contribution is -2.44. The standard InChI is InChI=1S/C28H53N3O4.C7H14O2.C2H6/c1-8-13-25-27(33)24(6)19-22(4)18-23(5)20-29(7)15-16-31(14-11-12-17-35-28(25)34)26(32)21-30(9-2)10-3;1-5-3-6(2)9-7(8)4-5;1-2/h22-25H,8-21H2,1-7H3;5-8H,3-4H2,1-2H3;1-2H3/t22-,23-,24?,25?;5-,6+,7+;/m10./s1. The fourth-order valence-electron chi connectivity index (χ4n) is 6.66. The first-order chi connectivity index (χ1) is 21.8. The van der Waals surface area contributed by atoms with E-state index >= 15 is 0 Å². The second kappa shape index (κ2) is 25.5. The summed E-state index contributed by atoms with van der Waals surface area (Å²) < 4.78 is 10.7. The minimum Gasteiger partial charge on any atom is -0.465 e. The Hall–Kier alpha value is -1.55. The molecule has 0 aliphatic carbocycles. The van der Waals surface area contributed by atoms with Crippen LogP contribution in [0.4, 0.5) is 0 Å². The van der Waals surface area contributed by atoms with E-state index in [0.717, 1.165) is 64.7 Å². The smallest absolute Gasteiger partial charge is 0.316 e. The number of aliphatic hydroxyl groups is 1. The molecular formula is C37H73N3O6. The summed E-state index contributed by atoms with van der Waals surface area (Å²) in [4.78, 5) is 45.4. The lowest BCUT2D eigenvalue weighted by atomic mass is 9.83. The Labute approximate surface area is 283 Å². The van der Waals surface area contributed by atoms with Gasteiger partial charge in [-0.05, 0) is 83.3 Å². The number of ether oxygens (including phenoxy) is 2. The lowest BCUT2D eigenvalue weighted by Gasteiger charge is -2.30. The summed E-state index contributed by atoms with van der Waals surface area (Å²) in [7, 11) is 2.13. The number of amides is 1. The number of aliphatic hydroxyl groups excluding tert-OH is 1. The highest BCUT2D eigenvalue weighted by Crippen LogP contribution is 2.25. The van der Waals surface area contributed by atoms with Crippen molar-refractivity contribution in [1.29, 1.82) is 0 Å². The van der Waals surface area contributed by atoms with Crippen LogP contribution in [0.15, 0.2) is 0 Å². The van der Waals surface area contributed by atoms with Crippen LogP contribution in [0, 0.1) is 29.6 Å². The van der Waals surface area contributed by atoms with Gasteiger partial charge < -0.3 is 24.4 Å². The summed E-state index contributed by atoms with van der Waals surface area (Å²) in [5, 5.41) is 9.03. The first-order valence-corrected chi connectivity index (χ1v) is 18.5. The molecule has 0 aromatic carbocycles. The second-order valence-electron chi connectivity index (χ2n) is 13.8. The van der Waals surface area contributed by atoms with Crippen molar-refractivity contribution in [3.63, 3.8) is 0 Å². The molecule has 0 aromatic rings. The maximum atomic E-state index is 13.1. The Morgan fingerprint density at radius 3 is 2.07 bits per heavy atom. The Morgan fingerprint density at radius 1 is 0.870 bits per heavy atom. The van der Waals surface area contributed by atoms with Gasteiger partial charge in [0.2, 0.25) is 5.91 Å². The Balaban J connectivity index is 0.00000155. The average molecular weight is 656 g/mol. The predicted octanol–water partition coefficient (Wildman–Crippen LogP) is 6.27. The first-order valence-electron chi connectivity index (χ1n) is 18.5. The summed E-state index contributed by atoms with van der Waals surface area (Å²) in [6.07, 6.45) is 6.23. The maximum Gasteiger partial charge on any atom is 0.316 e. The third-order valence-electron chi connectivity index (χ3n) is 9.03. The largest absolute Gasteiger partial charge is 0.465 e. The van der Waals surface area contributed by atoms with Crippen molar-refractivity contribution >= 4 is 17.7 Å². The number of cyclic esters (lactones) is 1. The fourth-order valence-corrected chi connectivity index (χ4v) is 6.66. The molecule has 2 rings (SSSR count). The van der Waals surface area contributed by atoms with Gasteiger partial charge in [0.25, 0.3) is 0 Å². The summed E-state index contributed by atoms with van der Waals surface area (Å²) in [6, 6.07) is 0. The zero-order valence-corrected chi connectivity index (χ0v) is 31.7. The molecule has 0 radical (unpaired) electrons. The highest BCUT2D eigenvalue weighted by molar-refractivity contribution is 6.00. The zero-order valence-electron chi connectivity index (χ0n) is 31.7. The molecule has 0 saturated carbocycles. The Bertz CT molecular complexity index is 798. The summed E-state index contributed by atoms with van der Waals surface area (Å²) in [5.74, 6) is 0.542. The van der Waals surface area contributed by atoms with Crippen molar-refractivity contribution in [3.05, 3.63) is 0 Å². The molecule has 0 bridgehead atoms. The van der Waals surface area contributed by atoms with Gasteiger partial charge in [-0.1, -0.05) is 68.7 Å². The van der Waals surface area contributed by atoms with E-state index in [-0.39, 0.29) is 29.7 Å². The van der Waals surface area contributed by atoms with Crippen LogP contribution in [0.1, 0.15) is 121 Å². The van der Waals surface area contributed by atoms with Crippen molar-refractivity contribution in [2.24, 2.45) is 29.6 Å². The number of rotatable bonds is 6. The average Bonchev–Trinajstić information content (AvgIpc) is 2.99. The van der Waals surface area contributed by atoms with Gasteiger partial charge in [-0.25, -0.2) is 0 Å². The number of esters is 1. The fraction of sp³-hybridized carbons (Fsp3) is 0.919. The van der Waals surface area contributed by atoms with Gasteiger partial charge in [0.05, 0.1) is 19.3 Å². The SMILES string of the molecule is CC.CCCC1C(=O)OCCCCN(C(=O)CN(CC)CC)CCN(C)C[C@H](C)C[C@@H](C)CC(C)C1=O.C[C@H]1C[C@@H](C)O[C@@H](O)C1. The topological polar surface area (TPSA) is 99.6 Å². The van der Waals surface area contributed by atoms with Crippen LogP contribution in [0.5, 0.6) is 0 Å². The molecule has 2 fully saturated rings. The molecule has 2 unspecified atom stereocenters. The van der Waals surface area contributed by atoms with E-state index in [1.54, 1.807) is 0 Å². The summed E-state index contributed by atoms with van der Waals surface area (Å²) in [6.45, 7) is 26.4. The van der Waals surface area contributed by atoms with Crippen LogP contribution in [-0.4, -0.2) is 109 Å². The first kappa shape index (κ1) is 44.5. The van der Waals surface area contributed by atoms with Crippen molar-refractivity contribution in [1.82, 2.24) is 14.7 Å². The molecule has 1 amide bonds. The number of ketones is 1. The molecule has 2 aliphatic heterocycles. The molecule has 7 atom stereocenters. The third-order valence-corrected chi connectivity index (χ3v) is 9.03. The van der Waals surface area contributed by atoms with Crippen LogP contribution in [0.25, 0.3) is 0 Å². The molecule has 2 heterocycles. The quantitative estimate of drug-likeness (QED) is 0.264. The van der Waals surface area contributed by atoms with Gasteiger partial charge in [0.1, 0.15) is 11.7 Å². The molecule has 1 N–H and O–H groups in total. The molecule has 0 aromatic heterocycles. The lowest BCUT2D eigenvalue weighted by molar-refractivity contribution is -0.169. The van der Waals surface area contributed by atoms with Crippen molar-refractivity contribution < 1.29 is 29.0 Å². The van der Waals surface area contributed by atoms with Crippen LogP contribution in [-0.2, 0) is 23.9 Å². The van der Waals surface area contributed by atoms with E-state index in [2.05, 4.69) is 51.5 Å². The van der Waals surface area contributed by atoms with Crippen molar-refractivity contribution in [2.45, 2.75) is 133 Å². The molecule has 2 aliphatic rings.